The molecule has 0 aliphatic heterocycles. The van der Waals surface area contributed by atoms with E-state index in [1.807, 2.05) is 49.4 Å². The molecule has 1 atom stereocenters. The molecule has 1 unspecified atom stereocenters. The first-order valence-corrected chi connectivity index (χ1v) is 14.2. The van der Waals surface area contributed by atoms with Crippen molar-refractivity contribution in [2.75, 3.05) is 20.8 Å². The van der Waals surface area contributed by atoms with Crippen molar-refractivity contribution in [3.8, 4) is 11.5 Å². The number of methoxy groups -OCH3 is 2. The Bertz CT molecular complexity index is 905. The lowest BCUT2D eigenvalue weighted by molar-refractivity contribution is 0.0938. The van der Waals surface area contributed by atoms with Crippen LogP contribution in [0.3, 0.4) is 0 Å². The van der Waals surface area contributed by atoms with Crippen molar-refractivity contribution in [1.82, 2.24) is 5.32 Å². The number of hydrogen-bond acceptors (Lipinski definition) is 4. The lowest BCUT2D eigenvalue weighted by Gasteiger charge is -2.36. The molecule has 2 aromatic carbocycles. The van der Waals surface area contributed by atoms with E-state index in [1.54, 1.807) is 14.2 Å². The smallest absolute Gasteiger partial charge is 0.252 e. The molecule has 0 bridgehead atoms. The summed E-state index contributed by atoms with van der Waals surface area (Å²) >= 11 is 0. The van der Waals surface area contributed by atoms with E-state index in [-0.39, 0.29) is 17.0 Å². The van der Waals surface area contributed by atoms with Gasteiger partial charge in [-0.1, -0.05) is 45.0 Å². The van der Waals surface area contributed by atoms with E-state index in [4.69, 9.17) is 13.9 Å². The lowest BCUT2D eigenvalue weighted by atomic mass is 10.0. The number of carbonyl (C=O) groups excluding carboxylic acids is 1. The minimum Gasteiger partial charge on any atom is -0.493 e. The van der Waals surface area contributed by atoms with E-state index in [0.29, 0.717) is 23.7 Å². The van der Waals surface area contributed by atoms with Crippen LogP contribution >= 0.6 is 0 Å². The van der Waals surface area contributed by atoms with Gasteiger partial charge in [-0.2, -0.15) is 0 Å². The zero-order chi connectivity index (χ0) is 23.9. The van der Waals surface area contributed by atoms with Crippen LogP contribution in [-0.4, -0.2) is 35.1 Å². The van der Waals surface area contributed by atoms with Crippen molar-refractivity contribution >= 4 is 14.2 Å². The summed E-state index contributed by atoms with van der Waals surface area (Å²) in [4.78, 5) is 13.1. The standard InChI is InChI=1S/C26H39NO4Si/c1-19(21-15-16-23(29-5)24(18-21)30-6)27-25(28)22-14-10-9-12-20(22)13-11-17-31-32(7,8)26(2,3)4/h9-10,12,14-16,18-19H,11,13,17H2,1-8H3,(H,27,28). The van der Waals surface area contributed by atoms with E-state index in [1.165, 1.54) is 0 Å². The third-order valence-electron chi connectivity index (χ3n) is 6.38. The molecule has 2 rings (SSSR count). The summed E-state index contributed by atoms with van der Waals surface area (Å²) in [7, 11) is 1.46. The molecule has 0 saturated carbocycles. The molecule has 0 fully saturated rings. The van der Waals surface area contributed by atoms with E-state index < -0.39 is 8.32 Å². The molecule has 176 valence electrons. The third-order valence-corrected chi connectivity index (χ3v) is 10.9. The predicted molar refractivity (Wildman–Crippen MR) is 133 cm³/mol. The van der Waals surface area contributed by atoms with Crippen molar-refractivity contribution in [3.63, 3.8) is 0 Å². The van der Waals surface area contributed by atoms with Crippen molar-refractivity contribution in [3.05, 3.63) is 59.2 Å². The maximum absolute atomic E-state index is 13.1. The Morgan fingerprint density at radius 3 is 2.31 bits per heavy atom. The highest BCUT2D eigenvalue weighted by molar-refractivity contribution is 6.74. The summed E-state index contributed by atoms with van der Waals surface area (Å²) in [5.41, 5.74) is 2.71. The van der Waals surface area contributed by atoms with Crippen LogP contribution in [0.25, 0.3) is 0 Å². The first-order chi connectivity index (χ1) is 15.0. The second-order valence-corrected chi connectivity index (χ2v) is 14.5. The lowest BCUT2D eigenvalue weighted by Crippen LogP contribution is -2.41. The molecule has 0 radical (unpaired) electrons. The van der Waals surface area contributed by atoms with Crippen LogP contribution in [0.15, 0.2) is 42.5 Å². The van der Waals surface area contributed by atoms with Gasteiger partial charge in [-0.3, -0.25) is 4.79 Å². The summed E-state index contributed by atoms with van der Waals surface area (Å²) in [5.74, 6) is 1.24. The van der Waals surface area contributed by atoms with Crippen molar-refractivity contribution in [2.24, 2.45) is 0 Å². The molecule has 0 aliphatic rings. The average molecular weight is 458 g/mol. The van der Waals surface area contributed by atoms with E-state index in [0.717, 1.165) is 24.0 Å². The fourth-order valence-electron chi connectivity index (χ4n) is 3.25. The van der Waals surface area contributed by atoms with Crippen LogP contribution in [0.5, 0.6) is 11.5 Å². The maximum Gasteiger partial charge on any atom is 0.252 e. The molecular weight excluding hydrogens is 418 g/mol. The van der Waals surface area contributed by atoms with Gasteiger partial charge in [0.25, 0.3) is 5.91 Å². The summed E-state index contributed by atoms with van der Waals surface area (Å²) in [6.45, 7) is 14.0. The van der Waals surface area contributed by atoms with Gasteiger partial charge in [-0.15, -0.1) is 0 Å². The largest absolute Gasteiger partial charge is 0.493 e. The van der Waals surface area contributed by atoms with Gasteiger partial charge in [-0.05, 0) is 67.2 Å². The molecule has 2 aromatic rings. The number of aryl methyl sites for hydroxylation is 1. The molecular formula is C26H39NO4Si. The van der Waals surface area contributed by atoms with Gasteiger partial charge in [0.15, 0.2) is 19.8 Å². The monoisotopic (exact) mass is 457 g/mol. The minimum atomic E-state index is -1.75. The number of hydrogen-bond donors (Lipinski definition) is 1. The number of benzene rings is 2. The molecule has 0 saturated heterocycles. The Balaban J connectivity index is 2.03. The van der Waals surface area contributed by atoms with E-state index >= 15 is 0 Å². The SMILES string of the molecule is COc1ccc(C(C)NC(=O)c2ccccc2CCCO[Si](C)(C)C(C)(C)C)cc1OC. The van der Waals surface area contributed by atoms with Crippen molar-refractivity contribution in [1.29, 1.82) is 0 Å². The van der Waals surface area contributed by atoms with E-state index in [9.17, 15) is 4.79 Å². The number of rotatable bonds is 10. The first kappa shape index (κ1) is 25.9. The zero-order valence-electron chi connectivity index (χ0n) is 20.9. The fourth-order valence-corrected chi connectivity index (χ4v) is 4.33. The van der Waals surface area contributed by atoms with Crippen LogP contribution in [0, 0.1) is 0 Å². The van der Waals surface area contributed by atoms with Crippen molar-refractivity contribution < 1.29 is 18.7 Å². The Morgan fingerprint density at radius 2 is 1.69 bits per heavy atom. The van der Waals surface area contributed by atoms with E-state index in [2.05, 4.69) is 39.2 Å². The fraction of sp³-hybridized carbons (Fsp3) is 0.500. The summed E-state index contributed by atoms with van der Waals surface area (Å²) in [6.07, 6.45) is 1.70. The normalized spacial score (nSPS) is 12.9. The quantitative estimate of drug-likeness (QED) is 0.343. The highest BCUT2D eigenvalue weighted by atomic mass is 28.4. The van der Waals surface area contributed by atoms with Crippen LogP contribution in [0.2, 0.25) is 18.1 Å². The molecule has 1 amide bonds. The number of amides is 1. The number of ether oxygens (including phenoxy) is 2. The molecule has 1 N–H and O–H groups in total. The first-order valence-electron chi connectivity index (χ1n) is 11.2. The van der Waals surface area contributed by atoms with Crippen LogP contribution in [-0.2, 0) is 10.8 Å². The Morgan fingerprint density at radius 1 is 1.03 bits per heavy atom. The number of carbonyl (C=O) groups is 1. The Hall–Kier alpha value is -2.31. The molecule has 5 nitrogen and oxygen atoms in total. The van der Waals surface area contributed by atoms with Gasteiger partial charge in [0.2, 0.25) is 0 Å². The highest BCUT2D eigenvalue weighted by Crippen LogP contribution is 2.36. The summed E-state index contributed by atoms with van der Waals surface area (Å²) < 4.78 is 17.0. The molecule has 32 heavy (non-hydrogen) atoms. The molecule has 0 aromatic heterocycles. The minimum absolute atomic E-state index is 0.0757. The summed E-state index contributed by atoms with van der Waals surface area (Å²) in [5, 5.41) is 3.32. The van der Waals surface area contributed by atoms with Gasteiger partial charge in [0.1, 0.15) is 0 Å². The second-order valence-electron chi connectivity index (χ2n) is 9.68. The van der Waals surface area contributed by atoms with Gasteiger partial charge in [-0.25, -0.2) is 0 Å². The zero-order valence-corrected chi connectivity index (χ0v) is 21.9. The Labute approximate surface area is 194 Å². The molecule has 0 aliphatic carbocycles. The van der Waals surface area contributed by atoms with Gasteiger partial charge in [0, 0.05) is 12.2 Å². The van der Waals surface area contributed by atoms with Gasteiger partial charge >= 0.3 is 0 Å². The van der Waals surface area contributed by atoms with Crippen LogP contribution in [0.1, 0.15) is 61.6 Å². The summed E-state index contributed by atoms with van der Waals surface area (Å²) in [6, 6.07) is 13.3. The third kappa shape index (κ3) is 6.59. The van der Waals surface area contributed by atoms with Crippen LogP contribution in [0.4, 0.5) is 0 Å². The highest BCUT2D eigenvalue weighted by Gasteiger charge is 2.36. The second kappa shape index (κ2) is 11.0. The van der Waals surface area contributed by atoms with Crippen molar-refractivity contribution in [2.45, 2.75) is 64.7 Å². The number of nitrogens with one attached hydrogen (secondary N) is 1. The average Bonchev–Trinajstić information content (AvgIpc) is 2.75. The Kier molecular flexibility index (Phi) is 8.93. The molecule has 6 heteroatoms. The van der Waals surface area contributed by atoms with Gasteiger partial charge < -0.3 is 19.2 Å². The van der Waals surface area contributed by atoms with Crippen LogP contribution < -0.4 is 14.8 Å². The topological polar surface area (TPSA) is 56.8 Å². The predicted octanol–water partition coefficient (Wildman–Crippen LogP) is 6.15. The molecule has 0 heterocycles. The molecule has 0 spiro atoms. The van der Waals surface area contributed by atoms with Gasteiger partial charge in [0.05, 0.1) is 20.3 Å². The maximum atomic E-state index is 13.1.